The topological polar surface area (TPSA) is 23.8 Å². The molecule has 0 radical (unpaired) electrons. The molecule has 0 unspecified atom stereocenters. The second-order valence-corrected chi connectivity index (χ2v) is 7.23. The zero-order valence-corrected chi connectivity index (χ0v) is 10.6. The van der Waals surface area contributed by atoms with Crippen molar-refractivity contribution in [2.45, 2.75) is 62.4 Å². The lowest BCUT2D eigenvalue weighted by molar-refractivity contribution is 0.206. The van der Waals surface area contributed by atoms with Crippen LogP contribution in [0.25, 0.3) is 0 Å². The summed E-state index contributed by atoms with van der Waals surface area (Å²) in [4.78, 5) is 0. The summed E-state index contributed by atoms with van der Waals surface area (Å²) in [6, 6.07) is 2.59. The highest BCUT2D eigenvalue weighted by atomic mass is 32.2. The van der Waals surface area contributed by atoms with Crippen molar-refractivity contribution in [2.24, 2.45) is 11.8 Å². The Morgan fingerprint density at radius 2 is 1.87 bits per heavy atom. The molecule has 0 spiro atoms. The monoisotopic (exact) mass is 223 g/mol. The maximum absolute atomic E-state index is 9.33. The van der Waals surface area contributed by atoms with Crippen molar-refractivity contribution in [3.63, 3.8) is 0 Å². The minimum Gasteiger partial charge on any atom is -0.197 e. The third-order valence-corrected chi connectivity index (χ3v) is 5.71. The highest BCUT2D eigenvalue weighted by molar-refractivity contribution is 8.01. The van der Waals surface area contributed by atoms with Crippen molar-refractivity contribution in [1.82, 2.24) is 0 Å². The van der Waals surface area contributed by atoms with Crippen molar-refractivity contribution >= 4 is 11.8 Å². The van der Waals surface area contributed by atoms with E-state index in [2.05, 4.69) is 19.9 Å². The van der Waals surface area contributed by atoms with E-state index in [-0.39, 0.29) is 4.75 Å². The largest absolute Gasteiger partial charge is 0.197 e. The van der Waals surface area contributed by atoms with Gasteiger partial charge in [-0.25, -0.2) is 0 Å². The lowest BCUT2D eigenvalue weighted by Crippen LogP contribution is -2.43. The summed E-state index contributed by atoms with van der Waals surface area (Å²) in [7, 11) is 0. The van der Waals surface area contributed by atoms with Crippen molar-refractivity contribution in [2.75, 3.05) is 0 Å². The molecule has 2 fully saturated rings. The standard InChI is InChI=1S/C13H21NS/c1-10(2)11-7-13(8-11,9-14)15-12-5-3-4-6-12/h10-12H,3-8H2,1-2H3. The molecule has 0 aromatic carbocycles. The summed E-state index contributed by atoms with van der Waals surface area (Å²) >= 11 is 2.00. The van der Waals surface area contributed by atoms with Gasteiger partial charge in [-0.15, -0.1) is 11.8 Å². The zero-order valence-electron chi connectivity index (χ0n) is 9.83. The molecule has 0 N–H and O–H groups in total. The van der Waals surface area contributed by atoms with Gasteiger partial charge >= 0.3 is 0 Å². The van der Waals surface area contributed by atoms with Gasteiger partial charge in [-0.05, 0) is 37.5 Å². The Labute approximate surface area is 97.6 Å². The predicted octanol–water partition coefficient (Wildman–Crippen LogP) is 3.99. The van der Waals surface area contributed by atoms with Crippen LogP contribution in [0.15, 0.2) is 0 Å². The van der Waals surface area contributed by atoms with Gasteiger partial charge in [-0.2, -0.15) is 5.26 Å². The molecule has 2 aliphatic rings. The number of nitrogens with zero attached hydrogens (tertiary/aromatic N) is 1. The second kappa shape index (κ2) is 4.37. The lowest BCUT2D eigenvalue weighted by Gasteiger charge is -2.45. The fraction of sp³-hybridized carbons (Fsp3) is 0.923. The van der Waals surface area contributed by atoms with Crippen LogP contribution in [0, 0.1) is 23.2 Å². The molecule has 84 valence electrons. The van der Waals surface area contributed by atoms with Crippen LogP contribution in [0.4, 0.5) is 0 Å². The van der Waals surface area contributed by atoms with Crippen LogP contribution in [0.2, 0.25) is 0 Å². The highest BCUT2D eigenvalue weighted by Crippen LogP contribution is 2.53. The number of hydrogen-bond donors (Lipinski definition) is 0. The Morgan fingerprint density at radius 1 is 1.27 bits per heavy atom. The average Bonchev–Trinajstić information content (AvgIpc) is 2.62. The molecule has 0 saturated heterocycles. The predicted molar refractivity (Wildman–Crippen MR) is 65.8 cm³/mol. The number of thioether (sulfide) groups is 1. The summed E-state index contributed by atoms with van der Waals surface area (Å²) in [6.07, 6.45) is 7.74. The Bertz CT molecular complexity index is 254. The summed E-state index contributed by atoms with van der Waals surface area (Å²) in [5, 5.41) is 10.1. The average molecular weight is 223 g/mol. The maximum atomic E-state index is 9.33. The SMILES string of the molecule is CC(C)C1CC(C#N)(SC2CCCC2)C1. The Balaban J connectivity index is 1.86. The van der Waals surface area contributed by atoms with Crippen molar-refractivity contribution in [3.05, 3.63) is 0 Å². The molecule has 2 saturated carbocycles. The van der Waals surface area contributed by atoms with Crippen LogP contribution in [0.5, 0.6) is 0 Å². The molecule has 0 bridgehead atoms. The van der Waals surface area contributed by atoms with E-state index >= 15 is 0 Å². The van der Waals surface area contributed by atoms with E-state index in [9.17, 15) is 5.26 Å². The van der Waals surface area contributed by atoms with E-state index < -0.39 is 0 Å². The summed E-state index contributed by atoms with van der Waals surface area (Å²) in [5.74, 6) is 1.56. The summed E-state index contributed by atoms with van der Waals surface area (Å²) in [6.45, 7) is 4.57. The minimum absolute atomic E-state index is 0.00391. The molecule has 1 nitrogen and oxygen atoms in total. The molecule has 2 aliphatic carbocycles. The van der Waals surface area contributed by atoms with E-state index in [0.717, 1.165) is 29.9 Å². The molecular weight excluding hydrogens is 202 g/mol. The first-order valence-corrected chi connectivity index (χ1v) is 7.12. The van der Waals surface area contributed by atoms with Gasteiger partial charge in [0.15, 0.2) is 0 Å². The maximum Gasteiger partial charge on any atom is 0.103 e. The zero-order chi connectivity index (χ0) is 10.9. The first kappa shape index (κ1) is 11.3. The van der Waals surface area contributed by atoms with Gasteiger partial charge in [0.05, 0.1) is 6.07 Å². The van der Waals surface area contributed by atoms with E-state index in [1.165, 1.54) is 25.7 Å². The van der Waals surface area contributed by atoms with E-state index in [4.69, 9.17) is 0 Å². The second-order valence-electron chi connectivity index (χ2n) is 5.54. The Morgan fingerprint density at radius 3 is 2.33 bits per heavy atom. The van der Waals surface area contributed by atoms with Crippen LogP contribution in [0.1, 0.15) is 52.4 Å². The number of hydrogen-bond acceptors (Lipinski definition) is 2. The third-order valence-electron chi connectivity index (χ3n) is 4.02. The van der Waals surface area contributed by atoms with E-state index in [1.54, 1.807) is 0 Å². The Kier molecular flexibility index (Phi) is 3.30. The van der Waals surface area contributed by atoms with Crippen LogP contribution < -0.4 is 0 Å². The fourth-order valence-electron chi connectivity index (χ4n) is 2.80. The molecule has 15 heavy (non-hydrogen) atoms. The first-order valence-electron chi connectivity index (χ1n) is 6.24. The molecule has 0 aromatic heterocycles. The first-order chi connectivity index (χ1) is 7.15. The van der Waals surface area contributed by atoms with Crippen LogP contribution in [0.3, 0.4) is 0 Å². The molecule has 2 rings (SSSR count). The quantitative estimate of drug-likeness (QED) is 0.722. The van der Waals surface area contributed by atoms with Gasteiger partial charge in [0, 0.05) is 5.25 Å². The van der Waals surface area contributed by atoms with Crippen LogP contribution in [-0.4, -0.2) is 10.00 Å². The van der Waals surface area contributed by atoms with E-state index in [0.29, 0.717) is 0 Å². The highest BCUT2D eigenvalue weighted by Gasteiger charge is 2.47. The number of rotatable bonds is 3. The van der Waals surface area contributed by atoms with Crippen molar-refractivity contribution in [3.8, 4) is 6.07 Å². The minimum atomic E-state index is 0.00391. The normalized spacial score (nSPS) is 36.5. The molecule has 0 aromatic rings. The molecule has 0 amide bonds. The van der Waals surface area contributed by atoms with Crippen molar-refractivity contribution < 1.29 is 0 Å². The lowest BCUT2D eigenvalue weighted by atomic mass is 9.69. The van der Waals surface area contributed by atoms with Gasteiger partial charge < -0.3 is 0 Å². The molecule has 0 heterocycles. The van der Waals surface area contributed by atoms with Gasteiger partial charge in [0.1, 0.15) is 4.75 Å². The van der Waals surface area contributed by atoms with Crippen LogP contribution >= 0.6 is 11.8 Å². The Hall–Kier alpha value is -0.160. The van der Waals surface area contributed by atoms with Crippen LogP contribution in [-0.2, 0) is 0 Å². The van der Waals surface area contributed by atoms with Gasteiger partial charge in [-0.3, -0.25) is 0 Å². The molecule has 0 atom stereocenters. The van der Waals surface area contributed by atoms with E-state index in [1.807, 2.05) is 11.8 Å². The summed E-state index contributed by atoms with van der Waals surface area (Å²) < 4.78 is 0.00391. The molecule has 2 heteroatoms. The number of nitriles is 1. The fourth-order valence-corrected chi connectivity index (χ4v) is 4.68. The van der Waals surface area contributed by atoms with Gasteiger partial charge in [0.25, 0.3) is 0 Å². The smallest absolute Gasteiger partial charge is 0.103 e. The molecule has 0 aliphatic heterocycles. The third kappa shape index (κ3) is 2.33. The van der Waals surface area contributed by atoms with Gasteiger partial charge in [0.2, 0.25) is 0 Å². The van der Waals surface area contributed by atoms with Crippen molar-refractivity contribution in [1.29, 1.82) is 5.26 Å². The molecular formula is C13H21NS. The summed E-state index contributed by atoms with van der Waals surface area (Å²) in [5.41, 5.74) is 0. The van der Waals surface area contributed by atoms with Gasteiger partial charge in [-0.1, -0.05) is 26.7 Å².